The van der Waals surface area contributed by atoms with E-state index in [-0.39, 0.29) is 18.2 Å². The number of rotatable bonds is 4. The number of methoxy groups -OCH3 is 1. The first-order valence-corrected chi connectivity index (χ1v) is 9.90. The van der Waals surface area contributed by atoms with Gasteiger partial charge in [-0.05, 0) is 42.5 Å². The van der Waals surface area contributed by atoms with Crippen LogP contribution in [0.3, 0.4) is 0 Å². The van der Waals surface area contributed by atoms with Crippen LogP contribution in [0.5, 0.6) is 0 Å². The molecule has 2 aromatic rings. The topological polar surface area (TPSA) is 88.1 Å². The average Bonchev–Trinajstić information content (AvgIpc) is 2.71. The SMILES string of the molecule is COC(=O)c1ccc(NC(=O)[C@H]2CC(=O)N(C)C(=Nc3cccc(Cl)c3)S2)cc1. The molecule has 0 aromatic heterocycles. The molecule has 0 aliphatic carbocycles. The molecule has 1 fully saturated rings. The summed E-state index contributed by atoms with van der Waals surface area (Å²) in [6.45, 7) is 0. The summed E-state index contributed by atoms with van der Waals surface area (Å²) in [7, 11) is 2.92. The summed E-state index contributed by atoms with van der Waals surface area (Å²) < 4.78 is 4.65. The van der Waals surface area contributed by atoms with E-state index >= 15 is 0 Å². The molecule has 29 heavy (non-hydrogen) atoms. The van der Waals surface area contributed by atoms with Crippen molar-refractivity contribution in [2.45, 2.75) is 11.7 Å². The van der Waals surface area contributed by atoms with E-state index in [9.17, 15) is 14.4 Å². The van der Waals surface area contributed by atoms with Gasteiger partial charge in [-0.1, -0.05) is 29.4 Å². The maximum Gasteiger partial charge on any atom is 0.337 e. The molecule has 0 bridgehead atoms. The Bertz CT molecular complexity index is 978. The zero-order valence-electron chi connectivity index (χ0n) is 15.7. The van der Waals surface area contributed by atoms with E-state index in [1.807, 2.05) is 0 Å². The molecule has 1 atom stereocenters. The number of benzene rings is 2. The van der Waals surface area contributed by atoms with Crippen LogP contribution < -0.4 is 5.32 Å². The lowest BCUT2D eigenvalue weighted by Crippen LogP contribution is -2.43. The van der Waals surface area contributed by atoms with Gasteiger partial charge in [0.25, 0.3) is 0 Å². The lowest BCUT2D eigenvalue weighted by Gasteiger charge is -2.28. The zero-order chi connectivity index (χ0) is 21.0. The number of amidine groups is 1. The average molecular weight is 432 g/mol. The Morgan fingerprint density at radius 2 is 1.97 bits per heavy atom. The molecule has 1 heterocycles. The first-order chi connectivity index (χ1) is 13.9. The highest BCUT2D eigenvalue weighted by Gasteiger charge is 2.34. The normalized spacial score (nSPS) is 17.9. The Morgan fingerprint density at radius 1 is 1.24 bits per heavy atom. The van der Waals surface area contributed by atoms with Gasteiger partial charge in [-0.25, -0.2) is 9.79 Å². The number of thioether (sulfide) groups is 1. The monoisotopic (exact) mass is 431 g/mol. The molecule has 3 rings (SSSR count). The number of ether oxygens (including phenoxy) is 1. The van der Waals surface area contributed by atoms with Gasteiger partial charge < -0.3 is 10.1 Å². The van der Waals surface area contributed by atoms with Gasteiger partial charge in [0.2, 0.25) is 11.8 Å². The summed E-state index contributed by atoms with van der Waals surface area (Å²) in [6.07, 6.45) is 0.0574. The molecule has 1 aliphatic heterocycles. The van der Waals surface area contributed by atoms with E-state index in [0.717, 1.165) is 0 Å². The summed E-state index contributed by atoms with van der Waals surface area (Å²) in [5.74, 6) is -0.979. The molecular formula is C20H18ClN3O4S. The van der Waals surface area contributed by atoms with E-state index in [1.165, 1.54) is 23.8 Å². The number of hydrogen-bond acceptors (Lipinski definition) is 6. The molecule has 0 radical (unpaired) electrons. The van der Waals surface area contributed by atoms with E-state index in [0.29, 0.717) is 27.1 Å². The quantitative estimate of drug-likeness (QED) is 0.745. The molecule has 2 aromatic carbocycles. The van der Waals surface area contributed by atoms with Gasteiger partial charge in [-0.2, -0.15) is 0 Å². The van der Waals surface area contributed by atoms with Crippen LogP contribution in [0, 0.1) is 0 Å². The van der Waals surface area contributed by atoms with Gasteiger partial charge in [0.05, 0.1) is 18.4 Å². The smallest absolute Gasteiger partial charge is 0.337 e. The molecule has 0 unspecified atom stereocenters. The standard InChI is InChI=1S/C20H18ClN3O4S/c1-24-17(25)11-16(29-20(24)23-15-5-3-4-13(21)10-15)18(26)22-14-8-6-12(7-9-14)19(27)28-2/h3-10,16H,11H2,1-2H3,(H,22,26)/t16-/m1/s1. The second kappa shape index (κ2) is 9.11. The third-order valence-electron chi connectivity index (χ3n) is 4.17. The predicted octanol–water partition coefficient (Wildman–Crippen LogP) is 3.72. The number of carbonyl (C=O) groups excluding carboxylic acids is 3. The zero-order valence-corrected chi connectivity index (χ0v) is 17.3. The number of nitrogens with zero attached hydrogens (tertiary/aromatic N) is 2. The Hall–Kier alpha value is -2.84. The highest BCUT2D eigenvalue weighted by molar-refractivity contribution is 8.15. The van der Waals surface area contributed by atoms with Crippen LogP contribution in [0.15, 0.2) is 53.5 Å². The van der Waals surface area contributed by atoms with E-state index < -0.39 is 11.2 Å². The summed E-state index contributed by atoms with van der Waals surface area (Å²) in [4.78, 5) is 42.4. The molecule has 1 N–H and O–H groups in total. The van der Waals surface area contributed by atoms with Crippen molar-refractivity contribution in [2.24, 2.45) is 4.99 Å². The van der Waals surface area contributed by atoms with E-state index in [2.05, 4.69) is 15.0 Å². The second-order valence-corrected chi connectivity index (χ2v) is 7.80. The van der Waals surface area contributed by atoms with Crippen LogP contribution in [0.1, 0.15) is 16.8 Å². The number of nitrogens with one attached hydrogen (secondary N) is 1. The third-order valence-corrected chi connectivity index (χ3v) is 5.64. The molecule has 1 aliphatic rings. The molecule has 0 spiro atoms. The first kappa shape index (κ1) is 20.9. The van der Waals surface area contributed by atoms with Gasteiger partial charge in [-0.15, -0.1) is 0 Å². The Labute approximate surface area is 177 Å². The largest absolute Gasteiger partial charge is 0.465 e. The molecule has 150 valence electrons. The van der Waals surface area contributed by atoms with Gasteiger partial charge in [0.1, 0.15) is 5.25 Å². The van der Waals surface area contributed by atoms with Crippen molar-refractivity contribution in [3.05, 3.63) is 59.1 Å². The Balaban J connectivity index is 1.73. The lowest BCUT2D eigenvalue weighted by molar-refractivity contribution is -0.128. The van der Waals surface area contributed by atoms with Crippen LogP contribution in [-0.4, -0.2) is 47.3 Å². The molecule has 1 saturated heterocycles. The molecule has 9 heteroatoms. The van der Waals surface area contributed by atoms with E-state index in [1.54, 1.807) is 55.6 Å². The van der Waals surface area contributed by atoms with Crippen molar-refractivity contribution in [2.75, 3.05) is 19.5 Å². The fraction of sp³-hybridized carbons (Fsp3) is 0.200. The minimum atomic E-state index is -0.628. The summed E-state index contributed by atoms with van der Waals surface area (Å²) in [5, 5.41) is 3.09. The number of hydrogen-bond donors (Lipinski definition) is 1. The molecule has 0 saturated carbocycles. The number of esters is 1. The highest BCUT2D eigenvalue weighted by atomic mass is 35.5. The van der Waals surface area contributed by atoms with Crippen molar-refractivity contribution < 1.29 is 19.1 Å². The summed E-state index contributed by atoms with van der Waals surface area (Å²) in [5.41, 5.74) is 1.49. The van der Waals surface area contributed by atoms with Gasteiger partial charge in [-0.3, -0.25) is 14.5 Å². The van der Waals surface area contributed by atoms with Crippen molar-refractivity contribution in [1.29, 1.82) is 0 Å². The van der Waals surface area contributed by atoms with Crippen LogP contribution in [0.25, 0.3) is 0 Å². The van der Waals surface area contributed by atoms with Crippen molar-refractivity contribution in [3.63, 3.8) is 0 Å². The fourth-order valence-electron chi connectivity index (χ4n) is 2.58. The van der Waals surface area contributed by atoms with Crippen LogP contribution in [-0.2, 0) is 14.3 Å². The maximum atomic E-state index is 12.7. The van der Waals surface area contributed by atoms with Crippen molar-refractivity contribution in [3.8, 4) is 0 Å². The minimum absolute atomic E-state index is 0.0574. The fourth-order valence-corrected chi connectivity index (χ4v) is 3.83. The molecule has 2 amide bonds. The van der Waals surface area contributed by atoms with Crippen molar-refractivity contribution in [1.82, 2.24) is 4.90 Å². The lowest BCUT2D eigenvalue weighted by atomic mass is 10.2. The summed E-state index contributed by atoms with van der Waals surface area (Å²) in [6, 6.07) is 13.3. The number of carbonyl (C=O) groups is 3. The number of aliphatic imine (C=N–C) groups is 1. The predicted molar refractivity (Wildman–Crippen MR) is 114 cm³/mol. The van der Waals surface area contributed by atoms with Crippen molar-refractivity contribution >= 4 is 57.7 Å². The van der Waals surface area contributed by atoms with Crippen LogP contribution >= 0.6 is 23.4 Å². The highest BCUT2D eigenvalue weighted by Crippen LogP contribution is 2.29. The van der Waals surface area contributed by atoms with Gasteiger partial charge >= 0.3 is 5.97 Å². The third kappa shape index (κ3) is 5.16. The summed E-state index contributed by atoms with van der Waals surface area (Å²) >= 11 is 7.20. The maximum absolute atomic E-state index is 12.7. The molecule has 7 nitrogen and oxygen atoms in total. The Kier molecular flexibility index (Phi) is 6.56. The van der Waals surface area contributed by atoms with Crippen LogP contribution in [0.2, 0.25) is 5.02 Å². The second-order valence-electron chi connectivity index (χ2n) is 6.20. The van der Waals surface area contributed by atoms with E-state index in [4.69, 9.17) is 11.6 Å². The van der Waals surface area contributed by atoms with Gasteiger partial charge in [0, 0.05) is 24.2 Å². The number of anilines is 1. The number of halogens is 1. The number of amides is 2. The Morgan fingerprint density at radius 3 is 2.62 bits per heavy atom. The van der Waals surface area contributed by atoms with Gasteiger partial charge in [0.15, 0.2) is 5.17 Å². The molecular weight excluding hydrogens is 414 g/mol. The minimum Gasteiger partial charge on any atom is -0.465 e. The first-order valence-electron chi connectivity index (χ1n) is 8.64. The van der Waals surface area contributed by atoms with Crippen LogP contribution in [0.4, 0.5) is 11.4 Å².